The molecule has 1 aromatic carbocycles. The summed E-state index contributed by atoms with van der Waals surface area (Å²) in [5, 5.41) is 86.2. The van der Waals surface area contributed by atoms with E-state index in [1.54, 1.807) is 20.1 Å². The minimum atomic E-state index is -1.88. The number of benzene rings is 1. The predicted molar refractivity (Wildman–Crippen MR) is 482 cm³/mol. The van der Waals surface area contributed by atoms with Crippen LogP contribution in [0.3, 0.4) is 0 Å². The van der Waals surface area contributed by atoms with Gasteiger partial charge < -0.3 is 94.5 Å². The van der Waals surface area contributed by atoms with Crippen molar-refractivity contribution in [1.82, 2.24) is 57.7 Å². The van der Waals surface area contributed by atoms with Crippen LogP contribution >= 0.6 is 11.8 Å². The van der Waals surface area contributed by atoms with E-state index in [-0.39, 0.29) is 125 Å². The smallest absolute Gasteiger partial charge is 0.303 e. The molecule has 2 heterocycles. The lowest BCUT2D eigenvalue weighted by Crippen LogP contribution is -2.52. The number of nitrogens with one attached hydrogen (secondary N) is 11. The number of thioether (sulfide) groups is 1. The van der Waals surface area contributed by atoms with E-state index in [2.05, 4.69) is 47.9 Å². The van der Waals surface area contributed by atoms with Crippen LogP contribution in [-0.4, -0.2) is 288 Å². The van der Waals surface area contributed by atoms with Gasteiger partial charge in [-0.2, -0.15) is 11.8 Å². The van der Waals surface area contributed by atoms with Gasteiger partial charge in [0, 0.05) is 176 Å². The zero-order chi connectivity index (χ0) is 101. The molecular weight excluding hydrogens is 1790 g/mol. The quantitative estimate of drug-likeness (QED) is 0.0136. The average Bonchev–Trinajstić information content (AvgIpc) is 1.73. The first-order chi connectivity index (χ1) is 63.6. The molecule has 46 heteroatoms. The van der Waals surface area contributed by atoms with Crippen LogP contribution in [0.25, 0.3) is 0 Å². The Morgan fingerprint density at radius 3 is 1.42 bits per heavy atom. The van der Waals surface area contributed by atoms with Gasteiger partial charge in [-0.05, 0) is 121 Å². The zero-order valence-corrected chi connectivity index (χ0v) is 77.6. The summed E-state index contributed by atoms with van der Waals surface area (Å²) in [6.45, 7) is 6.38. The third-order valence-electron chi connectivity index (χ3n) is 22.3. The highest BCUT2D eigenvalue weighted by molar-refractivity contribution is 7.98. The fourth-order valence-electron chi connectivity index (χ4n) is 14.8. The van der Waals surface area contributed by atoms with E-state index in [4.69, 9.17) is 27.0 Å². The van der Waals surface area contributed by atoms with E-state index in [0.29, 0.717) is 24.8 Å². The number of carbonyl (C=O) groups excluding carboxylic acids is 19. The maximum absolute atomic E-state index is 14.6. The summed E-state index contributed by atoms with van der Waals surface area (Å²) >= 11 is 1.21. The van der Waals surface area contributed by atoms with E-state index >= 15 is 0 Å². The summed E-state index contributed by atoms with van der Waals surface area (Å²) in [6.07, 6.45) is -7.33. The van der Waals surface area contributed by atoms with Crippen molar-refractivity contribution in [3.63, 3.8) is 0 Å². The number of likely N-dealkylation sites (tertiary alicyclic amines) is 1. The van der Waals surface area contributed by atoms with E-state index < -0.39 is 324 Å². The fraction of sp³-hybridized carbons (Fsp3) is 0.618. The second-order valence-corrected chi connectivity index (χ2v) is 34.8. The van der Waals surface area contributed by atoms with E-state index in [0.717, 1.165) is 17.1 Å². The van der Waals surface area contributed by atoms with Crippen molar-refractivity contribution >= 4 is 165 Å². The lowest BCUT2D eigenvalue weighted by atomic mass is 9.89. The van der Waals surface area contributed by atoms with Gasteiger partial charge in [-0.25, -0.2) is 0 Å². The summed E-state index contributed by atoms with van der Waals surface area (Å²) in [5.74, 6) is -29.1. The maximum Gasteiger partial charge on any atom is 0.303 e. The Bertz CT molecular complexity index is 4460. The van der Waals surface area contributed by atoms with Crippen LogP contribution < -0.4 is 59.3 Å². The van der Waals surface area contributed by atoms with Gasteiger partial charge in [0.25, 0.3) is 11.8 Å². The normalized spacial score (nSPS) is 15.2. The van der Waals surface area contributed by atoms with Gasteiger partial charge in [0.2, 0.25) is 47.3 Å². The molecule has 135 heavy (non-hydrogen) atoms. The Hall–Kier alpha value is -12.9. The number of carboxylic acid groups (broad SMARTS) is 5. The van der Waals surface area contributed by atoms with Crippen molar-refractivity contribution < 1.29 is 145 Å². The minimum Gasteiger partial charge on any atom is -0.481 e. The summed E-state index contributed by atoms with van der Waals surface area (Å²) < 4.78 is 5.72. The molecule has 0 spiro atoms. The number of ether oxygens (including phenoxy) is 1. The van der Waals surface area contributed by atoms with Gasteiger partial charge in [-0.3, -0.25) is 131 Å². The van der Waals surface area contributed by atoms with Gasteiger partial charge >= 0.3 is 29.8 Å². The molecule has 0 saturated carbocycles. The van der Waals surface area contributed by atoms with Gasteiger partial charge in [-0.15, -0.1) is 0 Å². The lowest BCUT2D eigenvalue weighted by molar-refractivity contribution is -0.142. The lowest BCUT2D eigenvalue weighted by Gasteiger charge is -2.27. The number of imide groups is 1. The average molecular weight is 1920 g/mol. The molecule has 10 amide bonds. The molecule has 45 nitrogen and oxygen atoms in total. The molecule has 746 valence electrons. The van der Waals surface area contributed by atoms with Crippen LogP contribution in [0.2, 0.25) is 0 Å². The van der Waals surface area contributed by atoms with Crippen LogP contribution in [0.1, 0.15) is 224 Å². The van der Waals surface area contributed by atoms with E-state index in [9.17, 15) is 141 Å². The van der Waals surface area contributed by atoms with Crippen molar-refractivity contribution in [3.05, 3.63) is 47.5 Å². The Labute approximate surface area is 784 Å². The van der Waals surface area contributed by atoms with Crippen LogP contribution in [0.4, 0.5) is 0 Å². The number of nitrogens with zero attached hydrogens (tertiary/aromatic N) is 2. The molecule has 0 radical (unpaired) electrons. The van der Waals surface area contributed by atoms with Crippen molar-refractivity contribution in [2.24, 2.45) is 47.0 Å². The van der Waals surface area contributed by atoms with E-state index in [1.807, 2.05) is 0 Å². The number of guanidine groups is 2. The number of rotatable bonds is 72. The number of ketones is 9. The molecule has 2 aliphatic rings. The number of hydrogen-bond donors (Lipinski definition) is 18. The topological polar surface area (TPSA) is 735 Å². The van der Waals surface area contributed by atoms with Crippen molar-refractivity contribution in [3.8, 4) is 0 Å². The molecule has 12 atom stereocenters. The van der Waals surface area contributed by atoms with Crippen molar-refractivity contribution in [2.45, 2.75) is 257 Å². The summed E-state index contributed by atoms with van der Waals surface area (Å²) in [6, 6.07) is -3.53. The minimum absolute atomic E-state index is 0.0721. The SMILES string of the molecule is CSC[C@H](NC(=O)CCC(=O)[C@H](CC(C)C)NC(=O)[C@@H]1CCCN1C(=O)COCCCC(=O)[C@H](Cc1ccc(C(C)=O)cc1)NC(=O)[C@@H](CCC(=O)O)CC(=O)[C@@H](CCC(=O)O)NC(=O)[C@@H](CCC(=O)O)CC(=O)[C@@H](CCC(=O)O)NC(=O)[C@@H](CCC(=O)O)CC(=O)CCN1C(=O)C=CC1=O)C(=O)C[C@@H](C)C(=O)NCC(=O)C[C@H](CCCNC(=N)N)C(=O)N[C@H](CCCNC(=N)N)C(C)=O. The summed E-state index contributed by atoms with van der Waals surface area (Å²) in [4.78, 5) is 319. The highest BCUT2D eigenvalue weighted by Crippen LogP contribution is 2.26. The first-order valence-electron chi connectivity index (χ1n) is 44.6. The Morgan fingerprint density at radius 1 is 0.481 bits per heavy atom. The van der Waals surface area contributed by atoms with Gasteiger partial charge in [0.1, 0.15) is 18.4 Å². The highest BCUT2D eigenvalue weighted by Gasteiger charge is 2.40. The molecule has 0 aromatic heterocycles. The fourth-order valence-corrected chi connectivity index (χ4v) is 15.4. The number of nitrogens with two attached hydrogens (primary N) is 2. The summed E-state index contributed by atoms with van der Waals surface area (Å²) in [5.41, 5.74) is 11.4. The molecule has 1 saturated heterocycles. The maximum atomic E-state index is 14.6. The largest absolute Gasteiger partial charge is 0.481 e. The number of Topliss-reactive ketones (excluding diaryl/α,β-unsaturated/α-hetero) is 9. The predicted octanol–water partition coefficient (Wildman–Crippen LogP) is 0.224. The molecular formula is C89H129N15O30S. The van der Waals surface area contributed by atoms with Crippen LogP contribution in [0.15, 0.2) is 36.4 Å². The number of hydrogen-bond acceptors (Lipinski definition) is 28. The number of carbonyl (C=O) groups is 24. The third kappa shape index (κ3) is 46.1. The molecule has 2 aliphatic heterocycles. The Morgan fingerprint density at radius 2 is 0.941 bits per heavy atom. The Kier molecular flexibility index (Phi) is 52.6. The number of aliphatic carboxylic acids is 5. The molecule has 1 aromatic rings. The molecule has 0 aliphatic carbocycles. The van der Waals surface area contributed by atoms with E-state index in [1.165, 1.54) is 61.7 Å². The van der Waals surface area contributed by atoms with Crippen molar-refractivity contribution in [1.29, 1.82) is 10.8 Å². The standard InChI is InChI=1S/C89H129N15O30S/c1-49(2)39-64(69(110)24-25-73(114)97-66(48-135-6)70(111)40-50(3)82(128)96-46-60(108)43-55(11-7-34-94-88(90)91)83(129)98-61(52(5)106)12-8-35-95-89(92)93)102-87(133)67-13-9-36-103(67)76(117)47-134-38-10-14-68(109)65(41-53-15-17-54(18-16-53)51(4)105)101-86(132)58(21-30-79(122)123)45-72(113)63(23-32-81(126)127)100-85(131)57(20-29-78(120)121)44-71(112)62(22-31-80(124)125)99-84(130)56(19-28-77(118)119)42-59(107)33-37-104-74(115)26-27-75(104)116/h15-18,26-27,49-50,55-58,61-67H,7-14,19-25,28-48H2,1-6H3,(H,96,128)(H,97,114)(H,98,129)(H,99,130)(H,100,131)(H,101,132)(H,102,133)(H,118,119)(H,120,121)(H,122,123)(H,124,125)(H,126,127)(H4,90,91,94)(H4,92,93,95)/t50-,55+,56+,57+,58+,61-,62-,63-,64+,65+,66+,67+/m1/s1. The van der Waals surface area contributed by atoms with Gasteiger partial charge in [0.05, 0.1) is 42.8 Å². The highest BCUT2D eigenvalue weighted by atomic mass is 32.2. The van der Waals surface area contributed by atoms with Crippen molar-refractivity contribution in [2.75, 3.05) is 57.9 Å². The van der Waals surface area contributed by atoms with Crippen LogP contribution in [-0.2, 0) is 121 Å². The Balaban J connectivity index is 1.74. The number of amides is 10. The number of carboxylic acids is 5. The summed E-state index contributed by atoms with van der Waals surface area (Å²) in [7, 11) is 0. The van der Waals surface area contributed by atoms with Gasteiger partial charge in [0.15, 0.2) is 58.2 Å². The monoisotopic (exact) mass is 1920 g/mol. The molecule has 20 N–H and O–H groups in total. The first kappa shape index (κ1) is 116. The first-order valence-corrected chi connectivity index (χ1v) is 46.0. The molecule has 0 bridgehead atoms. The zero-order valence-electron chi connectivity index (χ0n) is 76.8. The molecule has 0 unspecified atom stereocenters. The van der Waals surface area contributed by atoms with Gasteiger partial charge in [-0.1, -0.05) is 45.0 Å². The second-order valence-electron chi connectivity index (χ2n) is 33.9. The van der Waals surface area contributed by atoms with Crippen LogP contribution in [0, 0.1) is 46.3 Å². The second kappa shape index (κ2) is 61.1. The molecule has 3 rings (SSSR count). The van der Waals surface area contributed by atoms with Crippen LogP contribution in [0.5, 0.6) is 0 Å². The molecule has 1 fully saturated rings. The third-order valence-corrected chi connectivity index (χ3v) is 23.0.